The molecule has 1 aromatic heterocycles. The number of carboxylic acids is 1. The smallest absolute Gasteiger partial charge is 0.347 e. The molecule has 0 bridgehead atoms. The average Bonchev–Trinajstić information content (AvgIpc) is 3.23. The summed E-state index contributed by atoms with van der Waals surface area (Å²) in [6.07, 6.45) is 1.89. The minimum Gasteiger partial charge on any atom is -0.478 e. The number of fused-ring (bicyclic) bond motifs is 1. The summed E-state index contributed by atoms with van der Waals surface area (Å²) in [5.74, 6) is -0.497. The Kier molecular flexibility index (Phi) is 6.63. The number of ether oxygens (including phenoxy) is 1. The number of oxazole rings is 1. The Labute approximate surface area is 193 Å². The van der Waals surface area contributed by atoms with E-state index in [4.69, 9.17) is 14.1 Å². The third-order valence-corrected chi connectivity index (χ3v) is 5.45. The standard InChI is InChI=1S/C27H28N2O4/c1-27(2,25(30)31)33-22-14-8-12-21(18-22)19-29(17-9-13-20-10-4-3-5-11-20)26-28-23-15-6-7-16-24(23)32-26/h3-8,10-12,14-16,18H,9,13,17,19H2,1-2H3,(H,30,31). The van der Waals surface area contributed by atoms with Crippen molar-refractivity contribution < 1.29 is 19.1 Å². The molecule has 0 atom stereocenters. The van der Waals surface area contributed by atoms with Gasteiger partial charge in [0.15, 0.2) is 11.2 Å². The molecule has 33 heavy (non-hydrogen) atoms. The van der Waals surface area contributed by atoms with Gasteiger partial charge in [-0.1, -0.05) is 54.6 Å². The molecule has 0 saturated carbocycles. The zero-order valence-corrected chi connectivity index (χ0v) is 18.9. The first-order chi connectivity index (χ1) is 15.9. The Bertz CT molecular complexity index is 1180. The first-order valence-electron chi connectivity index (χ1n) is 11.1. The van der Waals surface area contributed by atoms with Crippen molar-refractivity contribution in [2.45, 2.75) is 38.8 Å². The van der Waals surface area contributed by atoms with Crippen molar-refractivity contribution >= 4 is 23.1 Å². The molecule has 1 N–H and O–H groups in total. The lowest BCUT2D eigenvalue weighted by Crippen LogP contribution is -2.37. The number of anilines is 1. The molecule has 0 unspecified atom stereocenters. The van der Waals surface area contributed by atoms with Gasteiger partial charge in [-0.05, 0) is 62.1 Å². The number of carboxylic acid groups (broad SMARTS) is 1. The maximum Gasteiger partial charge on any atom is 0.347 e. The van der Waals surface area contributed by atoms with Gasteiger partial charge in [0.2, 0.25) is 0 Å². The van der Waals surface area contributed by atoms with Crippen LogP contribution in [0.4, 0.5) is 6.01 Å². The fourth-order valence-corrected chi connectivity index (χ4v) is 3.62. The molecule has 4 aromatic rings. The number of aromatic nitrogens is 1. The lowest BCUT2D eigenvalue weighted by molar-refractivity contribution is -0.152. The van der Waals surface area contributed by atoms with Gasteiger partial charge in [0, 0.05) is 13.1 Å². The van der Waals surface area contributed by atoms with Crippen LogP contribution in [0.3, 0.4) is 0 Å². The van der Waals surface area contributed by atoms with E-state index in [0.717, 1.165) is 36.0 Å². The summed E-state index contributed by atoms with van der Waals surface area (Å²) in [6.45, 7) is 4.40. The number of nitrogens with zero attached hydrogens (tertiary/aromatic N) is 2. The fourth-order valence-electron chi connectivity index (χ4n) is 3.62. The van der Waals surface area contributed by atoms with Crippen molar-refractivity contribution in [1.82, 2.24) is 4.98 Å². The molecular formula is C27H28N2O4. The van der Waals surface area contributed by atoms with Crippen molar-refractivity contribution in [3.63, 3.8) is 0 Å². The van der Waals surface area contributed by atoms with Crippen LogP contribution in [-0.4, -0.2) is 28.2 Å². The molecule has 170 valence electrons. The van der Waals surface area contributed by atoms with Gasteiger partial charge in [-0.3, -0.25) is 0 Å². The quantitative estimate of drug-likeness (QED) is 0.338. The van der Waals surface area contributed by atoms with Crippen molar-refractivity contribution in [2.75, 3.05) is 11.4 Å². The Morgan fingerprint density at radius 1 is 1.00 bits per heavy atom. The van der Waals surface area contributed by atoms with Crippen molar-refractivity contribution in [2.24, 2.45) is 0 Å². The van der Waals surface area contributed by atoms with Gasteiger partial charge in [0.1, 0.15) is 11.3 Å². The Morgan fingerprint density at radius 2 is 1.73 bits per heavy atom. The zero-order chi connectivity index (χ0) is 23.3. The summed E-state index contributed by atoms with van der Waals surface area (Å²) >= 11 is 0. The maximum atomic E-state index is 11.4. The van der Waals surface area contributed by atoms with E-state index in [0.29, 0.717) is 18.3 Å². The highest BCUT2D eigenvalue weighted by atomic mass is 16.5. The van der Waals surface area contributed by atoms with Crippen LogP contribution < -0.4 is 9.64 Å². The zero-order valence-electron chi connectivity index (χ0n) is 18.9. The number of carbonyl (C=O) groups is 1. The summed E-state index contributed by atoms with van der Waals surface area (Å²) in [4.78, 5) is 18.2. The topological polar surface area (TPSA) is 75.8 Å². The largest absolute Gasteiger partial charge is 0.478 e. The predicted octanol–water partition coefficient (Wildman–Crippen LogP) is 5.71. The van der Waals surface area contributed by atoms with E-state index in [9.17, 15) is 9.90 Å². The number of benzene rings is 3. The van der Waals surface area contributed by atoms with Crippen LogP contribution in [0.1, 0.15) is 31.4 Å². The number of hydrogen-bond donors (Lipinski definition) is 1. The van der Waals surface area contributed by atoms with Crippen LogP contribution in [0, 0.1) is 0 Å². The second kappa shape index (κ2) is 9.77. The van der Waals surface area contributed by atoms with Crippen LogP contribution in [0.5, 0.6) is 5.75 Å². The lowest BCUT2D eigenvalue weighted by atomic mass is 10.1. The van der Waals surface area contributed by atoms with E-state index < -0.39 is 11.6 Å². The number of para-hydroxylation sites is 2. The Morgan fingerprint density at radius 3 is 2.48 bits per heavy atom. The number of hydrogen-bond acceptors (Lipinski definition) is 5. The van der Waals surface area contributed by atoms with Gasteiger partial charge in [-0.25, -0.2) is 4.79 Å². The highest BCUT2D eigenvalue weighted by Gasteiger charge is 2.29. The number of rotatable bonds is 10. The van der Waals surface area contributed by atoms with Crippen molar-refractivity contribution in [3.05, 3.63) is 90.0 Å². The van der Waals surface area contributed by atoms with Gasteiger partial charge in [-0.2, -0.15) is 4.98 Å². The predicted molar refractivity (Wildman–Crippen MR) is 129 cm³/mol. The summed E-state index contributed by atoms with van der Waals surface area (Å²) in [5.41, 5.74) is 2.53. The highest BCUT2D eigenvalue weighted by Crippen LogP contribution is 2.26. The minimum absolute atomic E-state index is 0.515. The number of aryl methyl sites for hydroxylation is 1. The molecule has 6 heteroatoms. The average molecular weight is 445 g/mol. The molecular weight excluding hydrogens is 416 g/mol. The highest BCUT2D eigenvalue weighted by molar-refractivity contribution is 5.77. The van der Waals surface area contributed by atoms with E-state index in [2.05, 4.69) is 29.2 Å². The van der Waals surface area contributed by atoms with Gasteiger partial charge in [0.25, 0.3) is 6.01 Å². The minimum atomic E-state index is -1.31. The van der Waals surface area contributed by atoms with Crippen molar-refractivity contribution in [3.8, 4) is 5.75 Å². The van der Waals surface area contributed by atoms with Crippen molar-refractivity contribution in [1.29, 1.82) is 0 Å². The molecule has 4 rings (SSSR count). The maximum absolute atomic E-state index is 11.4. The monoisotopic (exact) mass is 444 g/mol. The molecule has 0 aliphatic carbocycles. The third kappa shape index (κ3) is 5.71. The van der Waals surface area contributed by atoms with Crippen LogP contribution in [-0.2, 0) is 17.8 Å². The second-order valence-electron chi connectivity index (χ2n) is 8.54. The molecule has 1 heterocycles. The Hall–Kier alpha value is -3.80. The molecule has 6 nitrogen and oxygen atoms in total. The van der Waals surface area contributed by atoms with Gasteiger partial charge in [0.05, 0.1) is 0 Å². The lowest BCUT2D eigenvalue weighted by Gasteiger charge is -2.23. The SMILES string of the molecule is CC(C)(Oc1cccc(CN(CCCc2ccccc2)c2nc3ccccc3o2)c1)C(=O)O. The third-order valence-electron chi connectivity index (χ3n) is 5.45. The first kappa shape index (κ1) is 22.4. The van der Waals surface area contributed by atoms with Crippen LogP contribution in [0.25, 0.3) is 11.1 Å². The van der Waals surface area contributed by atoms with Crippen LogP contribution >= 0.6 is 0 Å². The first-order valence-corrected chi connectivity index (χ1v) is 11.1. The molecule has 0 aliphatic rings. The van der Waals surface area contributed by atoms with E-state index in [-0.39, 0.29) is 0 Å². The summed E-state index contributed by atoms with van der Waals surface area (Å²) < 4.78 is 11.8. The summed E-state index contributed by atoms with van der Waals surface area (Å²) in [5, 5.41) is 9.37. The fraction of sp³-hybridized carbons (Fsp3) is 0.259. The summed E-state index contributed by atoms with van der Waals surface area (Å²) in [7, 11) is 0. The normalized spacial score (nSPS) is 11.5. The van der Waals surface area contributed by atoms with Gasteiger partial charge < -0.3 is 19.2 Å². The summed E-state index contributed by atoms with van der Waals surface area (Å²) in [6, 6.07) is 26.2. The van der Waals surface area contributed by atoms with E-state index in [1.54, 1.807) is 6.07 Å². The molecule has 0 amide bonds. The molecule has 0 saturated heterocycles. The Balaban J connectivity index is 1.54. The van der Waals surface area contributed by atoms with E-state index in [1.807, 2.05) is 48.5 Å². The molecule has 0 aliphatic heterocycles. The van der Waals surface area contributed by atoms with Crippen LogP contribution in [0.2, 0.25) is 0 Å². The van der Waals surface area contributed by atoms with E-state index in [1.165, 1.54) is 19.4 Å². The van der Waals surface area contributed by atoms with Crippen LogP contribution in [0.15, 0.2) is 83.3 Å². The van der Waals surface area contributed by atoms with Gasteiger partial charge in [-0.15, -0.1) is 0 Å². The number of aliphatic carboxylic acids is 1. The second-order valence-corrected chi connectivity index (χ2v) is 8.54. The molecule has 3 aromatic carbocycles. The molecule has 0 fully saturated rings. The van der Waals surface area contributed by atoms with Gasteiger partial charge >= 0.3 is 5.97 Å². The van der Waals surface area contributed by atoms with E-state index >= 15 is 0 Å². The molecule has 0 radical (unpaired) electrons. The molecule has 0 spiro atoms.